The van der Waals surface area contributed by atoms with E-state index in [2.05, 4.69) is 0 Å². The average Bonchev–Trinajstić information content (AvgIpc) is 3.29. The number of para-hydroxylation sites is 1. The first kappa shape index (κ1) is 18.6. The minimum Gasteiger partial charge on any atom is -0.507 e. The Morgan fingerprint density at radius 2 is 1.69 bits per heavy atom. The zero-order chi connectivity index (χ0) is 20.5. The summed E-state index contributed by atoms with van der Waals surface area (Å²) in [5, 5.41) is 11.0. The van der Waals surface area contributed by atoms with Crippen molar-refractivity contribution in [2.45, 2.75) is 13.0 Å². The molecule has 1 aliphatic heterocycles. The minimum absolute atomic E-state index is 0.0154. The van der Waals surface area contributed by atoms with Crippen molar-refractivity contribution in [2.75, 3.05) is 12.0 Å². The molecule has 6 nitrogen and oxygen atoms in total. The molecule has 1 saturated heterocycles. The van der Waals surface area contributed by atoms with E-state index < -0.39 is 17.7 Å². The summed E-state index contributed by atoms with van der Waals surface area (Å²) in [5.41, 5.74) is 0.936. The van der Waals surface area contributed by atoms with E-state index >= 15 is 0 Å². The highest BCUT2D eigenvalue weighted by Crippen LogP contribution is 2.42. The highest BCUT2D eigenvalue weighted by Gasteiger charge is 2.48. The number of carbonyl (C=O) groups is 2. The summed E-state index contributed by atoms with van der Waals surface area (Å²) in [6.45, 7) is 1.78. The molecule has 2 aromatic carbocycles. The number of ether oxygens (including phenoxy) is 1. The summed E-state index contributed by atoms with van der Waals surface area (Å²) in [6.07, 6.45) is 0. The predicted molar refractivity (Wildman–Crippen MR) is 108 cm³/mol. The topological polar surface area (TPSA) is 80.0 Å². The van der Waals surface area contributed by atoms with Crippen molar-refractivity contribution in [3.05, 3.63) is 89.4 Å². The standard InChI is InChI=1S/C23H19NO5/c1-14-8-13-18(29-14)20-19(21(25)15-9-11-17(28-2)12-10-15)22(26)23(27)24(20)16-6-4-3-5-7-16/h3-13,20,25H,1-2H3/b21-19-. The highest BCUT2D eigenvalue weighted by atomic mass is 16.5. The van der Waals surface area contributed by atoms with E-state index in [1.165, 1.54) is 4.90 Å². The van der Waals surface area contributed by atoms with Crippen molar-refractivity contribution in [1.82, 2.24) is 0 Å². The van der Waals surface area contributed by atoms with Crippen LogP contribution in [0.15, 0.2) is 76.7 Å². The Kier molecular flexibility index (Phi) is 4.68. The summed E-state index contributed by atoms with van der Waals surface area (Å²) < 4.78 is 10.9. The molecule has 29 heavy (non-hydrogen) atoms. The zero-order valence-corrected chi connectivity index (χ0v) is 16.0. The van der Waals surface area contributed by atoms with E-state index in [4.69, 9.17) is 9.15 Å². The Morgan fingerprint density at radius 3 is 2.28 bits per heavy atom. The summed E-state index contributed by atoms with van der Waals surface area (Å²) in [7, 11) is 1.54. The molecule has 2 heterocycles. The third-order valence-electron chi connectivity index (χ3n) is 4.87. The largest absolute Gasteiger partial charge is 0.507 e. The number of methoxy groups -OCH3 is 1. The lowest BCUT2D eigenvalue weighted by molar-refractivity contribution is -0.132. The lowest BCUT2D eigenvalue weighted by Gasteiger charge is -2.23. The van der Waals surface area contributed by atoms with Crippen LogP contribution < -0.4 is 9.64 Å². The van der Waals surface area contributed by atoms with Crippen molar-refractivity contribution in [2.24, 2.45) is 0 Å². The van der Waals surface area contributed by atoms with Crippen LogP contribution in [0.25, 0.3) is 5.76 Å². The van der Waals surface area contributed by atoms with Crippen LogP contribution in [0, 0.1) is 6.92 Å². The van der Waals surface area contributed by atoms with Gasteiger partial charge in [0.05, 0.1) is 12.7 Å². The van der Waals surface area contributed by atoms with Crippen LogP contribution in [0.1, 0.15) is 23.1 Å². The second-order valence-electron chi connectivity index (χ2n) is 6.68. The van der Waals surface area contributed by atoms with Crippen LogP contribution in [0.2, 0.25) is 0 Å². The van der Waals surface area contributed by atoms with Gasteiger partial charge in [-0.2, -0.15) is 0 Å². The van der Waals surface area contributed by atoms with E-state index in [-0.39, 0.29) is 11.3 Å². The van der Waals surface area contributed by atoms with Crippen LogP contribution in [-0.2, 0) is 9.59 Å². The number of aliphatic hydroxyl groups is 1. The Labute approximate surface area is 167 Å². The first-order valence-corrected chi connectivity index (χ1v) is 9.08. The Morgan fingerprint density at radius 1 is 1.00 bits per heavy atom. The maximum atomic E-state index is 12.9. The van der Waals surface area contributed by atoms with Gasteiger partial charge in [-0.05, 0) is 55.5 Å². The number of anilines is 1. The van der Waals surface area contributed by atoms with Crippen molar-refractivity contribution < 1.29 is 23.8 Å². The van der Waals surface area contributed by atoms with E-state index in [1.54, 1.807) is 74.7 Å². The molecule has 1 amide bonds. The molecule has 0 radical (unpaired) electrons. The van der Waals surface area contributed by atoms with Gasteiger partial charge in [0, 0.05) is 11.3 Å². The summed E-state index contributed by atoms with van der Waals surface area (Å²) in [4.78, 5) is 27.2. The number of hydrogen-bond donors (Lipinski definition) is 1. The molecule has 4 rings (SSSR count). The molecule has 3 aromatic rings. The number of benzene rings is 2. The van der Waals surface area contributed by atoms with E-state index in [0.29, 0.717) is 28.5 Å². The maximum Gasteiger partial charge on any atom is 0.300 e. The number of aliphatic hydroxyl groups excluding tert-OH is 1. The fourth-order valence-corrected chi connectivity index (χ4v) is 3.46. The van der Waals surface area contributed by atoms with Crippen LogP contribution in [0.3, 0.4) is 0 Å². The third kappa shape index (κ3) is 3.18. The van der Waals surface area contributed by atoms with Gasteiger partial charge in [-0.25, -0.2) is 0 Å². The molecule has 0 spiro atoms. The molecule has 1 unspecified atom stereocenters. The molecule has 146 valence electrons. The number of ketones is 1. The molecule has 1 fully saturated rings. The number of Topliss-reactive ketones (excluding diaryl/α,β-unsaturated/α-hetero) is 1. The fraction of sp³-hybridized carbons (Fsp3) is 0.130. The van der Waals surface area contributed by atoms with Gasteiger partial charge in [0.25, 0.3) is 11.7 Å². The monoisotopic (exact) mass is 389 g/mol. The maximum absolute atomic E-state index is 12.9. The molecule has 0 aliphatic carbocycles. The molecule has 1 aliphatic rings. The van der Waals surface area contributed by atoms with Gasteiger partial charge in [-0.3, -0.25) is 14.5 Å². The number of aryl methyl sites for hydroxylation is 1. The first-order chi connectivity index (χ1) is 14.0. The fourth-order valence-electron chi connectivity index (χ4n) is 3.46. The third-order valence-corrected chi connectivity index (χ3v) is 4.87. The lowest BCUT2D eigenvalue weighted by atomic mass is 9.99. The van der Waals surface area contributed by atoms with Crippen LogP contribution in [-0.4, -0.2) is 23.9 Å². The summed E-state index contributed by atoms with van der Waals surface area (Å²) in [5.74, 6) is -0.0803. The average molecular weight is 389 g/mol. The van der Waals surface area contributed by atoms with Gasteiger partial charge in [0.1, 0.15) is 29.1 Å². The van der Waals surface area contributed by atoms with E-state index in [1.807, 2.05) is 6.07 Å². The van der Waals surface area contributed by atoms with Gasteiger partial charge in [-0.15, -0.1) is 0 Å². The summed E-state index contributed by atoms with van der Waals surface area (Å²) >= 11 is 0. The van der Waals surface area contributed by atoms with E-state index in [9.17, 15) is 14.7 Å². The molecule has 0 saturated carbocycles. The van der Waals surface area contributed by atoms with Crippen LogP contribution in [0.4, 0.5) is 5.69 Å². The first-order valence-electron chi connectivity index (χ1n) is 9.08. The van der Waals surface area contributed by atoms with Gasteiger partial charge < -0.3 is 14.3 Å². The second-order valence-corrected chi connectivity index (χ2v) is 6.68. The smallest absolute Gasteiger partial charge is 0.300 e. The summed E-state index contributed by atoms with van der Waals surface area (Å²) in [6, 6.07) is 18.1. The second kappa shape index (κ2) is 7.31. The molecular weight excluding hydrogens is 370 g/mol. The van der Waals surface area contributed by atoms with Crippen LogP contribution >= 0.6 is 0 Å². The molecule has 1 atom stereocenters. The Balaban J connectivity index is 1.90. The zero-order valence-electron chi connectivity index (χ0n) is 16.0. The van der Waals surface area contributed by atoms with Crippen molar-refractivity contribution in [3.63, 3.8) is 0 Å². The molecular formula is C23H19NO5. The normalized spacial score (nSPS) is 18.3. The molecule has 6 heteroatoms. The van der Waals surface area contributed by atoms with Crippen molar-refractivity contribution in [1.29, 1.82) is 0 Å². The van der Waals surface area contributed by atoms with Crippen LogP contribution in [0.5, 0.6) is 5.75 Å². The number of amides is 1. The highest BCUT2D eigenvalue weighted by molar-refractivity contribution is 6.51. The SMILES string of the molecule is COc1ccc(/C(O)=C2/C(=O)C(=O)N(c3ccccc3)C2c2ccc(C)o2)cc1. The predicted octanol–water partition coefficient (Wildman–Crippen LogP) is 4.22. The number of furan rings is 1. The van der Waals surface area contributed by atoms with Crippen molar-refractivity contribution in [3.8, 4) is 5.75 Å². The van der Waals surface area contributed by atoms with E-state index in [0.717, 1.165) is 0 Å². The number of rotatable bonds is 4. The number of nitrogens with zero attached hydrogens (tertiary/aromatic N) is 1. The van der Waals surface area contributed by atoms with Gasteiger partial charge in [0.2, 0.25) is 0 Å². The quantitative estimate of drug-likeness (QED) is 0.410. The lowest BCUT2D eigenvalue weighted by Crippen LogP contribution is -2.29. The van der Waals surface area contributed by atoms with Gasteiger partial charge in [-0.1, -0.05) is 18.2 Å². The van der Waals surface area contributed by atoms with Crippen molar-refractivity contribution >= 4 is 23.1 Å². The molecule has 0 bridgehead atoms. The molecule has 1 aromatic heterocycles. The Bertz CT molecular complexity index is 1100. The van der Waals surface area contributed by atoms with Gasteiger partial charge >= 0.3 is 0 Å². The molecule has 1 N–H and O–H groups in total. The number of carbonyl (C=O) groups excluding carboxylic acids is 2. The number of hydrogen-bond acceptors (Lipinski definition) is 5. The van der Waals surface area contributed by atoms with Gasteiger partial charge in [0.15, 0.2) is 0 Å². The Hall–Kier alpha value is -3.80. The minimum atomic E-state index is -0.867.